The minimum atomic E-state index is -0.276. The van der Waals surface area contributed by atoms with Gasteiger partial charge in [0.2, 0.25) is 0 Å². The van der Waals surface area contributed by atoms with Crippen LogP contribution >= 0.6 is 11.6 Å². The third kappa shape index (κ3) is 6.28. The molecule has 0 saturated heterocycles. The average molecular weight is 589 g/mol. The van der Waals surface area contributed by atoms with Crippen LogP contribution < -0.4 is 14.8 Å². The van der Waals surface area contributed by atoms with Crippen molar-refractivity contribution in [2.75, 3.05) is 14.2 Å². The molecule has 2 aromatic carbocycles. The van der Waals surface area contributed by atoms with Crippen molar-refractivity contribution in [3.05, 3.63) is 76.2 Å². The van der Waals surface area contributed by atoms with E-state index in [9.17, 15) is 9.59 Å². The number of pyridine rings is 1. The maximum absolute atomic E-state index is 13.3. The first-order valence-corrected chi connectivity index (χ1v) is 14.7. The molecule has 5 rings (SSSR count). The molecule has 2 heterocycles. The molecule has 1 aliphatic carbocycles. The van der Waals surface area contributed by atoms with Crippen molar-refractivity contribution in [2.24, 2.45) is 0 Å². The summed E-state index contributed by atoms with van der Waals surface area (Å²) in [5.74, 6) is 1.25. The molecule has 220 valence electrons. The van der Waals surface area contributed by atoms with E-state index in [1.54, 1.807) is 43.6 Å². The molecule has 0 spiro atoms. The summed E-state index contributed by atoms with van der Waals surface area (Å²) in [5.41, 5.74) is 3.64. The maximum Gasteiger partial charge on any atom is 0.254 e. The highest BCUT2D eigenvalue weighted by molar-refractivity contribution is 6.31. The molecule has 1 aliphatic rings. The van der Waals surface area contributed by atoms with Gasteiger partial charge in [-0.05, 0) is 48.7 Å². The molecule has 42 heavy (non-hydrogen) atoms. The summed E-state index contributed by atoms with van der Waals surface area (Å²) in [7, 11) is 3.07. The quantitative estimate of drug-likeness (QED) is 0.226. The predicted molar refractivity (Wildman–Crippen MR) is 164 cm³/mol. The number of carbonyl (C=O) groups excluding carboxylic acids is 2. The molecule has 0 unspecified atom stereocenters. The Morgan fingerprint density at radius 1 is 1.05 bits per heavy atom. The maximum atomic E-state index is 13.3. The fraction of sp³-hybridized carbons (Fsp3) is 0.394. The third-order valence-corrected chi connectivity index (χ3v) is 8.12. The summed E-state index contributed by atoms with van der Waals surface area (Å²) >= 11 is 6.65. The van der Waals surface area contributed by atoms with Crippen LogP contribution in [0.5, 0.6) is 17.2 Å². The monoisotopic (exact) mass is 588 g/mol. The van der Waals surface area contributed by atoms with Gasteiger partial charge in [0.15, 0.2) is 0 Å². The van der Waals surface area contributed by atoms with Crippen LogP contribution in [0.2, 0.25) is 5.02 Å². The molecule has 4 aromatic rings. The van der Waals surface area contributed by atoms with Gasteiger partial charge in [0.25, 0.3) is 5.91 Å². The van der Waals surface area contributed by atoms with Crippen LogP contribution in [-0.4, -0.2) is 40.6 Å². The molecule has 0 bridgehead atoms. The van der Waals surface area contributed by atoms with Crippen LogP contribution in [0.1, 0.15) is 79.8 Å². The van der Waals surface area contributed by atoms with E-state index in [4.69, 9.17) is 26.2 Å². The fourth-order valence-corrected chi connectivity index (χ4v) is 5.69. The van der Waals surface area contributed by atoms with Crippen LogP contribution in [-0.2, 0) is 23.1 Å². The Labute approximate surface area is 251 Å². The average Bonchev–Trinajstić information content (AvgIpc) is 3.64. The van der Waals surface area contributed by atoms with E-state index in [1.807, 2.05) is 6.07 Å². The zero-order valence-corrected chi connectivity index (χ0v) is 25.5. The smallest absolute Gasteiger partial charge is 0.254 e. The highest BCUT2D eigenvalue weighted by Gasteiger charge is 2.26. The Balaban J connectivity index is 1.34. The van der Waals surface area contributed by atoms with Gasteiger partial charge in [-0.3, -0.25) is 19.3 Å². The van der Waals surface area contributed by atoms with E-state index in [0.29, 0.717) is 51.2 Å². The van der Waals surface area contributed by atoms with Crippen LogP contribution in [0.3, 0.4) is 0 Å². The Morgan fingerprint density at radius 3 is 2.48 bits per heavy atom. The topological polar surface area (TPSA) is 95.3 Å². The largest absolute Gasteiger partial charge is 0.496 e. The molecule has 1 fully saturated rings. The SMILES string of the molecule is CNC(=O)c1cc2c(Oc3ccc(CC(=O)Cc4cc(C(C)(C)C)nn4C4CCCC4)c(Cl)c3)ccnc2cc1OC. The number of fused-ring (bicyclic) bond motifs is 1. The van der Waals surface area contributed by atoms with Crippen LogP contribution in [0.4, 0.5) is 0 Å². The second-order valence-electron chi connectivity index (χ2n) is 11.9. The molecule has 0 radical (unpaired) electrons. The zero-order chi connectivity index (χ0) is 30.0. The third-order valence-electron chi connectivity index (χ3n) is 7.76. The van der Waals surface area contributed by atoms with Gasteiger partial charge in [-0.15, -0.1) is 0 Å². The Morgan fingerprint density at radius 2 is 1.81 bits per heavy atom. The van der Waals surface area contributed by atoms with Crippen molar-refractivity contribution in [2.45, 2.75) is 70.8 Å². The minimum Gasteiger partial charge on any atom is -0.496 e. The molecule has 8 nitrogen and oxygen atoms in total. The predicted octanol–water partition coefficient (Wildman–Crippen LogP) is 7.01. The summed E-state index contributed by atoms with van der Waals surface area (Å²) < 4.78 is 13.7. The van der Waals surface area contributed by atoms with Gasteiger partial charge >= 0.3 is 0 Å². The van der Waals surface area contributed by atoms with Crippen LogP contribution in [0.25, 0.3) is 10.9 Å². The highest BCUT2D eigenvalue weighted by atomic mass is 35.5. The normalized spacial score (nSPS) is 13.9. The lowest BCUT2D eigenvalue weighted by Gasteiger charge is -2.16. The second kappa shape index (κ2) is 12.1. The molecule has 0 aliphatic heterocycles. The lowest BCUT2D eigenvalue weighted by atomic mass is 9.92. The summed E-state index contributed by atoms with van der Waals surface area (Å²) in [6.07, 6.45) is 6.77. The number of nitrogens with zero attached hydrogens (tertiary/aromatic N) is 3. The molecule has 1 amide bonds. The molecule has 1 saturated carbocycles. The first-order chi connectivity index (χ1) is 20.1. The summed E-state index contributed by atoms with van der Waals surface area (Å²) in [6, 6.07) is 12.9. The van der Waals surface area contributed by atoms with Crippen molar-refractivity contribution < 1.29 is 19.1 Å². The minimum absolute atomic E-state index is 0.0842. The molecular formula is C33H37ClN4O4. The number of benzene rings is 2. The molecule has 2 aromatic heterocycles. The van der Waals surface area contributed by atoms with Crippen molar-refractivity contribution in [3.8, 4) is 17.2 Å². The number of ketones is 1. The first kappa shape index (κ1) is 29.6. The van der Waals surface area contributed by atoms with Gasteiger partial charge in [-0.1, -0.05) is 51.3 Å². The van der Waals surface area contributed by atoms with Crippen molar-refractivity contribution >= 4 is 34.2 Å². The molecular weight excluding hydrogens is 552 g/mol. The van der Waals surface area contributed by atoms with Crippen LogP contribution in [0.15, 0.2) is 48.7 Å². The second-order valence-corrected chi connectivity index (χ2v) is 12.3. The van der Waals surface area contributed by atoms with Crippen LogP contribution in [0, 0.1) is 0 Å². The Bertz CT molecular complexity index is 1630. The summed E-state index contributed by atoms with van der Waals surface area (Å²) in [5, 5.41) is 8.66. The highest BCUT2D eigenvalue weighted by Crippen LogP contribution is 2.35. The lowest BCUT2D eigenvalue weighted by molar-refractivity contribution is -0.117. The number of nitrogens with one attached hydrogen (secondary N) is 1. The van der Waals surface area contributed by atoms with E-state index in [-0.39, 0.29) is 23.5 Å². The van der Waals surface area contributed by atoms with Gasteiger partial charge in [0.1, 0.15) is 23.0 Å². The first-order valence-electron chi connectivity index (χ1n) is 14.3. The van der Waals surface area contributed by atoms with E-state index in [1.165, 1.54) is 20.0 Å². The van der Waals surface area contributed by atoms with Gasteiger partial charge in [0, 0.05) is 53.7 Å². The Hall–Kier alpha value is -3.91. The van der Waals surface area contributed by atoms with Gasteiger partial charge in [-0.25, -0.2) is 0 Å². The van der Waals surface area contributed by atoms with E-state index < -0.39 is 0 Å². The van der Waals surface area contributed by atoms with E-state index in [2.05, 4.69) is 41.8 Å². The fourth-order valence-electron chi connectivity index (χ4n) is 5.45. The Kier molecular flexibility index (Phi) is 8.55. The van der Waals surface area contributed by atoms with E-state index in [0.717, 1.165) is 29.8 Å². The number of rotatable bonds is 9. The van der Waals surface area contributed by atoms with E-state index >= 15 is 0 Å². The van der Waals surface area contributed by atoms with Crippen molar-refractivity contribution in [1.82, 2.24) is 20.1 Å². The standard InChI is InChI=1S/C33H37ClN4O4/c1-33(2,3)31-16-22(38(37-31)21-8-6-7-9-21)15-23(39)14-20-10-11-24(17-27(20)34)42-29-12-13-36-28-19-30(41-5)26(18-25(28)29)32(40)35-4/h10-13,16-19,21H,6-9,14-15H2,1-5H3,(H,35,40). The molecule has 1 N–H and O–H groups in total. The number of hydrogen-bond acceptors (Lipinski definition) is 6. The molecule has 0 atom stereocenters. The number of amides is 1. The number of aromatic nitrogens is 3. The van der Waals surface area contributed by atoms with Gasteiger partial charge in [-0.2, -0.15) is 5.10 Å². The van der Waals surface area contributed by atoms with Crippen molar-refractivity contribution in [1.29, 1.82) is 0 Å². The van der Waals surface area contributed by atoms with Gasteiger partial charge in [0.05, 0.1) is 29.9 Å². The number of halogens is 1. The van der Waals surface area contributed by atoms with Gasteiger partial charge < -0.3 is 14.8 Å². The zero-order valence-electron chi connectivity index (χ0n) is 24.8. The summed E-state index contributed by atoms with van der Waals surface area (Å²) in [6.45, 7) is 6.45. The number of Topliss-reactive ketones (excluding diaryl/α,β-unsaturated/α-hetero) is 1. The number of methoxy groups -OCH3 is 1. The molecule has 9 heteroatoms. The number of carbonyl (C=O) groups is 2. The summed E-state index contributed by atoms with van der Waals surface area (Å²) in [4.78, 5) is 30.1. The van der Waals surface area contributed by atoms with Crippen molar-refractivity contribution in [3.63, 3.8) is 0 Å². The lowest BCUT2D eigenvalue weighted by Crippen LogP contribution is -2.18. The number of hydrogen-bond donors (Lipinski definition) is 1. The number of ether oxygens (including phenoxy) is 2.